The summed E-state index contributed by atoms with van der Waals surface area (Å²) in [5.41, 5.74) is 7.57. The molecule has 0 radical (unpaired) electrons. The van der Waals surface area contributed by atoms with E-state index in [-0.39, 0.29) is 0 Å². The Bertz CT molecular complexity index is 694. The number of aromatic nitrogens is 4. The summed E-state index contributed by atoms with van der Waals surface area (Å²) in [5, 5.41) is 11.4. The van der Waals surface area contributed by atoms with E-state index < -0.39 is 0 Å². The maximum absolute atomic E-state index is 5.74. The number of ether oxygens (including phenoxy) is 1. The van der Waals surface area contributed by atoms with Gasteiger partial charge in [0.1, 0.15) is 12.4 Å². The lowest BCUT2D eigenvalue weighted by molar-refractivity contribution is 0.306. The Kier molecular flexibility index (Phi) is 3.88. The lowest BCUT2D eigenvalue weighted by atomic mass is 10.2. The van der Waals surface area contributed by atoms with E-state index in [1.165, 1.54) is 0 Å². The van der Waals surface area contributed by atoms with Crippen LogP contribution >= 0.6 is 0 Å². The van der Waals surface area contributed by atoms with Gasteiger partial charge in [-0.3, -0.25) is 0 Å². The minimum Gasteiger partial charge on any atom is -0.489 e. The predicted molar refractivity (Wildman–Crippen MR) is 77.8 cm³/mol. The van der Waals surface area contributed by atoms with Crippen molar-refractivity contribution in [3.63, 3.8) is 0 Å². The number of nitrogens with two attached hydrogens (primary N) is 1. The molecule has 0 aliphatic rings. The zero-order valence-corrected chi connectivity index (χ0v) is 11.4. The van der Waals surface area contributed by atoms with Gasteiger partial charge < -0.3 is 10.5 Å². The molecule has 21 heavy (non-hydrogen) atoms. The molecular weight excluding hydrogens is 266 g/mol. The average Bonchev–Trinajstić information content (AvgIpc) is 3.03. The number of hydrogen-bond donors (Lipinski definition) is 1. The molecule has 6 nitrogen and oxygen atoms in total. The molecule has 2 N–H and O–H groups in total. The van der Waals surface area contributed by atoms with Gasteiger partial charge in [0.05, 0.1) is 12.2 Å². The Hall–Kier alpha value is -2.73. The molecule has 0 saturated heterocycles. The summed E-state index contributed by atoms with van der Waals surface area (Å²) in [6.45, 7) is 0.832. The van der Waals surface area contributed by atoms with E-state index in [0.717, 1.165) is 17.0 Å². The highest BCUT2D eigenvalue weighted by atomic mass is 16.5. The van der Waals surface area contributed by atoms with E-state index in [9.17, 15) is 0 Å². The van der Waals surface area contributed by atoms with Gasteiger partial charge in [-0.2, -0.15) is 4.68 Å². The molecule has 0 spiro atoms. The van der Waals surface area contributed by atoms with Gasteiger partial charge in [-0.1, -0.05) is 30.3 Å². The van der Waals surface area contributed by atoms with E-state index in [1.54, 1.807) is 4.68 Å². The fourth-order valence-electron chi connectivity index (χ4n) is 1.96. The summed E-state index contributed by atoms with van der Waals surface area (Å²) in [5.74, 6) is 1.41. The zero-order valence-electron chi connectivity index (χ0n) is 11.4. The molecule has 1 aromatic heterocycles. The van der Waals surface area contributed by atoms with Crippen LogP contribution in [0.15, 0.2) is 54.6 Å². The second-order valence-corrected chi connectivity index (χ2v) is 4.48. The van der Waals surface area contributed by atoms with Crippen molar-refractivity contribution in [3.8, 4) is 11.4 Å². The topological polar surface area (TPSA) is 78.9 Å². The highest BCUT2D eigenvalue weighted by Crippen LogP contribution is 2.16. The molecule has 0 unspecified atom stereocenters. The summed E-state index contributed by atoms with van der Waals surface area (Å²) in [6.07, 6.45) is 0. The van der Waals surface area contributed by atoms with Gasteiger partial charge in [-0.15, -0.1) is 5.10 Å². The van der Waals surface area contributed by atoms with Crippen LogP contribution in [0.2, 0.25) is 0 Å². The normalized spacial score (nSPS) is 10.5. The van der Waals surface area contributed by atoms with E-state index in [4.69, 9.17) is 10.5 Å². The third-order valence-corrected chi connectivity index (χ3v) is 3.05. The van der Waals surface area contributed by atoms with E-state index >= 15 is 0 Å². The van der Waals surface area contributed by atoms with Crippen molar-refractivity contribution in [2.45, 2.75) is 13.2 Å². The van der Waals surface area contributed by atoms with Crippen LogP contribution in [-0.2, 0) is 13.2 Å². The number of nitrogens with zero attached hydrogens (tertiary/aromatic N) is 4. The first-order valence-electron chi connectivity index (χ1n) is 6.61. The molecule has 0 atom stereocenters. The Balaban J connectivity index is 1.70. The minimum atomic E-state index is 0.291. The summed E-state index contributed by atoms with van der Waals surface area (Å²) < 4.78 is 7.35. The van der Waals surface area contributed by atoms with Crippen LogP contribution in [0.1, 0.15) is 11.4 Å². The molecule has 6 heteroatoms. The van der Waals surface area contributed by atoms with Crippen molar-refractivity contribution in [2.75, 3.05) is 0 Å². The van der Waals surface area contributed by atoms with Crippen LogP contribution in [0.5, 0.6) is 5.75 Å². The van der Waals surface area contributed by atoms with Crippen molar-refractivity contribution in [1.29, 1.82) is 0 Å². The smallest absolute Gasteiger partial charge is 0.170 e. The van der Waals surface area contributed by atoms with Crippen LogP contribution in [0, 0.1) is 0 Å². The zero-order chi connectivity index (χ0) is 14.5. The van der Waals surface area contributed by atoms with Gasteiger partial charge in [0.15, 0.2) is 5.82 Å². The quantitative estimate of drug-likeness (QED) is 0.770. The highest BCUT2D eigenvalue weighted by molar-refractivity contribution is 5.37. The van der Waals surface area contributed by atoms with Crippen molar-refractivity contribution in [2.24, 2.45) is 5.73 Å². The van der Waals surface area contributed by atoms with Crippen LogP contribution in [0.4, 0.5) is 0 Å². The van der Waals surface area contributed by atoms with Crippen LogP contribution < -0.4 is 10.5 Å². The molecule has 0 aliphatic heterocycles. The van der Waals surface area contributed by atoms with Crippen molar-refractivity contribution in [3.05, 3.63) is 66.0 Å². The fraction of sp³-hybridized carbons (Fsp3) is 0.133. The molecule has 2 aromatic carbocycles. The standard InChI is InChI=1S/C15H15N5O/c16-10-15-17-18-19-20(15)13-6-8-14(9-7-13)21-11-12-4-2-1-3-5-12/h1-9H,10-11,16H2. The number of tetrazole rings is 1. The Morgan fingerprint density at radius 3 is 2.48 bits per heavy atom. The Morgan fingerprint density at radius 2 is 1.76 bits per heavy atom. The molecule has 106 valence electrons. The molecule has 0 aliphatic carbocycles. The van der Waals surface area contributed by atoms with Gasteiger partial charge in [0, 0.05) is 0 Å². The maximum atomic E-state index is 5.74. The van der Waals surface area contributed by atoms with E-state index in [0.29, 0.717) is 19.0 Å². The monoisotopic (exact) mass is 281 g/mol. The molecule has 0 saturated carbocycles. The van der Waals surface area contributed by atoms with Gasteiger partial charge in [0.25, 0.3) is 0 Å². The fourth-order valence-corrected chi connectivity index (χ4v) is 1.96. The molecule has 0 amide bonds. The first-order valence-corrected chi connectivity index (χ1v) is 6.61. The Labute approximate surface area is 122 Å². The predicted octanol–water partition coefficient (Wildman–Crippen LogP) is 1.70. The summed E-state index contributed by atoms with van der Waals surface area (Å²) in [4.78, 5) is 0. The third-order valence-electron chi connectivity index (χ3n) is 3.05. The summed E-state index contributed by atoms with van der Waals surface area (Å²) in [7, 11) is 0. The van der Waals surface area contributed by atoms with Crippen LogP contribution in [0.25, 0.3) is 5.69 Å². The average molecular weight is 281 g/mol. The highest BCUT2D eigenvalue weighted by Gasteiger charge is 2.06. The van der Waals surface area contributed by atoms with E-state index in [1.807, 2.05) is 54.6 Å². The van der Waals surface area contributed by atoms with Gasteiger partial charge in [-0.05, 0) is 40.3 Å². The van der Waals surface area contributed by atoms with Crippen molar-refractivity contribution in [1.82, 2.24) is 20.2 Å². The first-order chi connectivity index (χ1) is 10.4. The molecular formula is C15H15N5O. The first kappa shape index (κ1) is 13.3. The Morgan fingerprint density at radius 1 is 1.00 bits per heavy atom. The van der Waals surface area contributed by atoms with E-state index in [2.05, 4.69) is 15.5 Å². The second-order valence-electron chi connectivity index (χ2n) is 4.48. The number of hydrogen-bond acceptors (Lipinski definition) is 5. The third kappa shape index (κ3) is 3.06. The number of benzene rings is 2. The maximum Gasteiger partial charge on any atom is 0.170 e. The van der Waals surface area contributed by atoms with Gasteiger partial charge in [-0.25, -0.2) is 0 Å². The minimum absolute atomic E-state index is 0.291. The summed E-state index contributed by atoms with van der Waals surface area (Å²) >= 11 is 0. The van der Waals surface area contributed by atoms with Crippen LogP contribution in [0.3, 0.4) is 0 Å². The molecule has 3 aromatic rings. The summed E-state index contributed by atoms with van der Waals surface area (Å²) in [6, 6.07) is 17.6. The second kappa shape index (κ2) is 6.15. The molecule has 1 heterocycles. The van der Waals surface area contributed by atoms with Crippen LogP contribution in [-0.4, -0.2) is 20.2 Å². The molecule has 0 fully saturated rings. The lowest BCUT2D eigenvalue weighted by Gasteiger charge is -2.07. The van der Waals surface area contributed by atoms with Gasteiger partial charge in [0.2, 0.25) is 0 Å². The molecule has 3 rings (SSSR count). The van der Waals surface area contributed by atoms with Crippen molar-refractivity contribution < 1.29 is 4.74 Å². The SMILES string of the molecule is NCc1nnnn1-c1ccc(OCc2ccccc2)cc1. The molecule has 0 bridgehead atoms. The largest absolute Gasteiger partial charge is 0.489 e. The lowest BCUT2D eigenvalue weighted by Crippen LogP contribution is -2.07. The van der Waals surface area contributed by atoms with Gasteiger partial charge >= 0.3 is 0 Å². The number of rotatable bonds is 5. The van der Waals surface area contributed by atoms with Crippen molar-refractivity contribution >= 4 is 0 Å².